The number of hydrogen-bond donors (Lipinski definition) is 1. The van der Waals surface area contributed by atoms with E-state index in [0.29, 0.717) is 23.6 Å². The van der Waals surface area contributed by atoms with Crippen LogP contribution in [0.25, 0.3) is 0 Å². The summed E-state index contributed by atoms with van der Waals surface area (Å²) in [5, 5.41) is 2.99. The number of rotatable bonds is 5. The fourth-order valence-electron chi connectivity index (χ4n) is 1.97. The third-order valence-corrected chi connectivity index (χ3v) is 3.34. The van der Waals surface area contributed by atoms with E-state index in [4.69, 9.17) is 16.3 Å². The fraction of sp³-hybridized carbons (Fsp3) is 0.357. The van der Waals surface area contributed by atoms with Crippen molar-refractivity contribution in [3.8, 4) is 0 Å². The van der Waals surface area contributed by atoms with E-state index >= 15 is 0 Å². The van der Waals surface area contributed by atoms with Gasteiger partial charge >= 0.3 is 5.97 Å². The fourth-order valence-corrected chi connectivity index (χ4v) is 2.17. The number of ether oxygens (including phenoxy) is 1. The second-order valence-corrected chi connectivity index (χ2v) is 4.97. The first-order valence-corrected chi connectivity index (χ1v) is 6.65. The molecule has 0 unspecified atom stereocenters. The van der Waals surface area contributed by atoms with Gasteiger partial charge in [-0.15, -0.1) is 0 Å². The van der Waals surface area contributed by atoms with Crippen molar-refractivity contribution in [2.75, 3.05) is 6.61 Å². The Morgan fingerprint density at radius 2 is 2.10 bits per heavy atom. The van der Waals surface area contributed by atoms with Gasteiger partial charge in [0.15, 0.2) is 0 Å². The van der Waals surface area contributed by atoms with Crippen LogP contribution in [0.5, 0.6) is 0 Å². The number of ketones is 1. The first kappa shape index (κ1) is 14.5. The van der Waals surface area contributed by atoms with Crippen molar-refractivity contribution in [2.45, 2.75) is 25.3 Å². The number of esters is 1. The second kappa shape index (κ2) is 6.52. The second-order valence-electron chi connectivity index (χ2n) is 4.56. The summed E-state index contributed by atoms with van der Waals surface area (Å²) in [6.45, 7) is 0.303. The molecule has 1 amide bonds. The van der Waals surface area contributed by atoms with Crippen LogP contribution in [0.3, 0.4) is 0 Å². The van der Waals surface area contributed by atoms with Gasteiger partial charge in [-0.2, -0.15) is 0 Å². The normalized spacial score (nSPS) is 17.6. The molecule has 20 heavy (non-hydrogen) atoms. The molecule has 1 atom stereocenters. The number of carbonyl (C=O) groups is 3. The lowest BCUT2D eigenvalue weighted by atomic mass is 10.1. The maximum Gasteiger partial charge on any atom is 0.328 e. The zero-order valence-electron chi connectivity index (χ0n) is 10.7. The number of nitrogens with one attached hydrogen (secondary N) is 1. The highest BCUT2D eigenvalue weighted by molar-refractivity contribution is 6.31. The van der Waals surface area contributed by atoms with Gasteiger partial charge in [0.05, 0.1) is 13.0 Å². The summed E-state index contributed by atoms with van der Waals surface area (Å²) >= 11 is 5.95. The lowest BCUT2D eigenvalue weighted by Crippen LogP contribution is -2.38. The minimum atomic E-state index is -0.629. The Balaban J connectivity index is 1.84. The van der Waals surface area contributed by atoms with E-state index in [0.717, 1.165) is 0 Å². The minimum Gasteiger partial charge on any atom is -0.464 e. The van der Waals surface area contributed by atoms with Gasteiger partial charge in [-0.1, -0.05) is 29.8 Å². The molecule has 5 nitrogen and oxygen atoms in total. The molecule has 0 aromatic heterocycles. The standard InChI is InChI=1S/C14H14ClNO4/c15-11-4-2-1-3-9(11)7-10(17)8-13(18)16-12-5-6-20-14(12)19/h1-4,12H,5-8H2,(H,16,18)/t12-/m0/s1. The summed E-state index contributed by atoms with van der Waals surface area (Å²) < 4.78 is 4.73. The summed E-state index contributed by atoms with van der Waals surface area (Å²) in [7, 11) is 0. The van der Waals surface area contributed by atoms with E-state index < -0.39 is 17.9 Å². The molecule has 0 spiro atoms. The number of hydrogen-bond acceptors (Lipinski definition) is 4. The van der Waals surface area contributed by atoms with Crippen LogP contribution in [0, 0.1) is 0 Å². The molecule has 1 aromatic rings. The molecular weight excluding hydrogens is 282 g/mol. The highest BCUT2D eigenvalue weighted by Gasteiger charge is 2.28. The molecule has 0 bridgehead atoms. The molecule has 1 saturated heterocycles. The van der Waals surface area contributed by atoms with E-state index in [2.05, 4.69) is 5.32 Å². The van der Waals surface area contributed by atoms with Crippen LogP contribution in [0.1, 0.15) is 18.4 Å². The molecule has 1 aliphatic heterocycles. The van der Waals surface area contributed by atoms with E-state index in [9.17, 15) is 14.4 Å². The largest absolute Gasteiger partial charge is 0.464 e. The van der Waals surface area contributed by atoms with Crippen molar-refractivity contribution in [1.29, 1.82) is 0 Å². The Kier molecular flexibility index (Phi) is 4.74. The van der Waals surface area contributed by atoms with Gasteiger partial charge in [0.1, 0.15) is 11.8 Å². The molecule has 0 radical (unpaired) electrons. The molecular formula is C14H14ClNO4. The Morgan fingerprint density at radius 1 is 1.35 bits per heavy atom. The van der Waals surface area contributed by atoms with Crippen molar-refractivity contribution >= 4 is 29.3 Å². The molecule has 2 rings (SSSR count). The Hall–Kier alpha value is -1.88. The lowest BCUT2D eigenvalue weighted by molar-refractivity contribution is -0.141. The first-order valence-electron chi connectivity index (χ1n) is 6.27. The summed E-state index contributed by atoms with van der Waals surface area (Å²) in [5.74, 6) is -1.16. The maximum atomic E-state index is 11.8. The minimum absolute atomic E-state index is 0.0994. The lowest BCUT2D eigenvalue weighted by Gasteiger charge is -2.08. The van der Waals surface area contributed by atoms with Crippen LogP contribution in [-0.4, -0.2) is 30.3 Å². The predicted octanol–water partition coefficient (Wildman–Crippen LogP) is 1.27. The number of halogens is 1. The molecule has 0 aliphatic carbocycles. The molecule has 1 aromatic carbocycles. The SMILES string of the molecule is O=C(CC(=O)N[C@H]1CCOC1=O)Cc1ccccc1Cl. The Morgan fingerprint density at radius 3 is 2.75 bits per heavy atom. The molecule has 1 heterocycles. The Labute approximate surface area is 121 Å². The van der Waals surface area contributed by atoms with Crippen LogP contribution >= 0.6 is 11.6 Å². The van der Waals surface area contributed by atoms with E-state index in [-0.39, 0.29) is 18.6 Å². The third-order valence-electron chi connectivity index (χ3n) is 2.97. The molecule has 1 fully saturated rings. The number of amides is 1. The van der Waals surface area contributed by atoms with Crippen molar-refractivity contribution in [1.82, 2.24) is 5.32 Å². The van der Waals surface area contributed by atoms with Gasteiger partial charge in [0.25, 0.3) is 0 Å². The summed E-state index contributed by atoms with van der Waals surface area (Å²) in [6.07, 6.45) is 0.278. The van der Waals surface area contributed by atoms with Crippen molar-refractivity contribution in [3.63, 3.8) is 0 Å². The van der Waals surface area contributed by atoms with Crippen molar-refractivity contribution in [3.05, 3.63) is 34.9 Å². The average molecular weight is 296 g/mol. The number of Topliss-reactive ketones (excluding diaryl/α,β-unsaturated/α-hetero) is 1. The van der Waals surface area contributed by atoms with Crippen LogP contribution < -0.4 is 5.32 Å². The number of benzene rings is 1. The van der Waals surface area contributed by atoms with Crippen LogP contribution in [-0.2, 0) is 25.5 Å². The van der Waals surface area contributed by atoms with Crippen molar-refractivity contribution in [2.24, 2.45) is 0 Å². The number of carbonyl (C=O) groups excluding carboxylic acids is 3. The van der Waals surface area contributed by atoms with Gasteiger partial charge in [-0.05, 0) is 11.6 Å². The smallest absolute Gasteiger partial charge is 0.328 e. The topological polar surface area (TPSA) is 72.5 Å². The molecule has 0 saturated carbocycles. The predicted molar refractivity (Wildman–Crippen MR) is 72.3 cm³/mol. The summed E-state index contributed by atoms with van der Waals surface area (Å²) in [5.41, 5.74) is 0.687. The molecule has 1 aliphatic rings. The van der Waals surface area contributed by atoms with Crippen LogP contribution in [0.15, 0.2) is 24.3 Å². The molecule has 6 heteroatoms. The van der Waals surface area contributed by atoms with Crippen LogP contribution in [0.4, 0.5) is 0 Å². The molecule has 1 N–H and O–H groups in total. The van der Waals surface area contributed by atoms with E-state index in [1.165, 1.54) is 0 Å². The van der Waals surface area contributed by atoms with Gasteiger partial charge in [0.2, 0.25) is 5.91 Å². The van der Waals surface area contributed by atoms with Gasteiger partial charge < -0.3 is 10.1 Å². The van der Waals surface area contributed by atoms with Crippen molar-refractivity contribution < 1.29 is 19.1 Å². The van der Waals surface area contributed by atoms with Gasteiger partial charge in [-0.3, -0.25) is 9.59 Å². The first-order chi connectivity index (χ1) is 9.56. The van der Waals surface area contributed by atoms with Gasteiger partial charge in [-0.25, -0.2) is 4.79 Å². The molecule has 106 valence electrons. The Bertz CT molecular complexity index is 544. The monoisotopic (exact) mass is 295 g/mol. The highest BCUT2D eigenvalue weighted by Crippen LogP contribution is 2.16. The average Bonchev–Trinajstić information content (AvgIpc) is 2.77. The summed E-state index contributed by atoms with van der Waals surface area (Å²) in [4.78, 5) is 34.6. The van der Waals surface area contributed by atoms with Gasteiger partial charge in [0, 0.05) is 17.9 Å². The maximum absolute atomic E-state index is 11.8. The zero-order valence-corrected chi connectivity index (χ0v) is 11.5. The summed E-state index contributed by atoms with van der Waals surface area (Å²) in [6, 6.07) is 6.36. The highest BCUT2D eigenvalue weighted by atomic mass is 35.5. The third kappa shape index (κ3) is 3.81. The van der Waals surface area contributed by atoms with E-state index in [1.807, 2.05) is 0 Å². The number of cyclic esters (lactones) is 1. The quantitative estimate of drug-likeness (QED) is 0.656. The zero-order chi connectivity index (χ0) is 14.5. The van der Waals surface area contributed by atoms with E-state index in [1.54, 1.807) is 24.3 Å². The van der Waals surface area contributed by atoms with Crippen LogP contribution in [0.2, 0.25) is 5.02 Å².